The number of ketones is 1. The minimum atomic E-state index is -0.243. The molecule has 0 saturated heterocycles. The van der Waals surface area contributed by atoms with Crippen LogP contribution in [0.5, 0.6) is 0 Å². The second-order valence-corrected chi connectivity index (χ2v) is 9.05. The second kappa shape index (κ2) is 10.3. The number of imidazole rings is 1. The molecule has 5 rings (SSSR count). The summed E-state index contributed by atoms with van der Waals surface area (Å²) in [5.74, 6) is 0.383. The molecule has 3 heterocycles. The van der Waals surface area contributed by atoms with Crippen LogP contribution in [0.15, 0.2) is 71.8 Å². The lowest BCUT2D eigenvalue weighted by Crippen LogP contribution is -2.25. The Kier molecular flexibility index (Phi) is 6.78. The fourth-order valence-electron chi connectivity index (χ4n) is 4.41. The molecule has 0 aliphatic carbocycles. The Morgan fingerprint density at radius 1 is 1.08 bits per heavy atom. The van der Waals surface area contributed by atoms with Crippen molar-refractivity contribution in [3.63, 3.8) is 0 Å². The first kappa shape index (κ1) is 24.3. The summed E-state index contributed by atoms with van der Waals surface area (Å²) in [5, 5.41) is 14.5. The average Bonchev–Trinajstić information content (AvgIpc) is 3.54. The van der Waals surface area contributed by atoms with Gasteiger partial charge in [-0.15, -0.1) is 5.10 Å². The number of Topliss-reactive ketones (excluding diaryl/α,β-unsaturated/α-hetero) is 1. The molecule has 0 amide bonds. The highest BCUT2D eigenvalue weighted by atomic mass is 35.5. The molecule has 0 fully saturated rings. The van der Waals surface area contributed by atoms with Gasteiger partial charge in [0.05, 0.1) is 22.9 Å². The number of halogens is 1. The molecule has 10 heteroatoms. The number of benzene rings is 2. The number of nitrogens with zero attached hydrogens (tertiary/aromatic N) is 6. The lowest BCUT2D eigenvalue weighted by Gasteiger charge is -2.10. The van der Waals surface area contributed by atoms with Crippen LogP contribution in [0.2, 0.25) is 5.02 Å². The van der Waals surface area contributed by atoms with Gasteiger partial charge in [0.25, 0.3) is 0 Å². The van der Waals surface area contributed by atoms with Crippen LogP contribution in [-0.4, -0.2) is 40.5 Å². The van der Waals surface area contributed by atoms with Crippen LogP contribution in [0, 0.1) is 0 Å². The van der Waals surface area contributed by atoms with Gasteiger partial charge in [0.15, 0.2) is 11.6 Å². The highest BCUT2D eigenvalue weighted by molar-refractivity contribution is 6.33. The van der Waals surface area contributed by atoms with Gasteiger partial charge in [-0.25, -0.2) is 9.89 Å². The van der Waals surface area contributed by atoms with Gasteiger partial charge in [-0.05, 0) is 53.6 Å². The van der Waals surface area contributed by atoms with Gasteiger partial charge in [0.2, 0.25) is 0 Å². The molecule has 3 aromatic heterocycles. The van der Waals surface area contributed by atoms with Gasteiger partial charge in [0, 0.05) is 34.8 Å². The van der Waals surface area contributed by atoms with E-state index in [1.54, 1.807) is 35.2 Å². The topological polar surface area (TPSA) is 111 Å². The van der Waals surface area contributed by atoms with Gasteiger partial charge in [-0.2, -0.15) is 0 Å². The Morgan fingerprint density at radius 2 is 1.89 bits per heavy atom. The van der Waals surface area contributed by atoms with Crippen LogP contribution in [0.3, 0.4) is 0 Å². The summed E-state index contributed by atoms with van der Waals surface area (Å²) in [7, 11) is 0. The molecule has 1 N–H and O–H groups in total. The number of hydrogen-bond acceptors (Lipinski definition) is 6. The van der Waals surface area contributed by atoms with Gasteiger partial charge in [-0.3, -0.25) is 18.9 Å². The summed E-state index contributed by atoms with van der Waals surface area (Å²) in [6, 6.07) is 16.7. The Bertz CT molecular complexity index is 1620. The molecule has 5 aromatic rings. The number of carbonyl (C=O) groups excluding carboxylic acids is 1. The van der Waals surface area contributed by atoms with Gasteiger partial charge >= 0.3 is 5.69 Å². The number of nitrogens with one attached hydrogen (secondary N) is 1. The van der Waals surface area contributed by atoms with Crippen LogP contribution in [0.4, 0.5) is 0 Å². The van der Waals surface area contributed by atoms with E-state index in [1.807, 2.05) is 36.4 Å². The van der Waals surface area contributed by atoms with Crippen molar-refractivity contribution in [2.45, 2.75) is 33.2 Å². The van der Waals surface area contributed by atoms with E-state index in [0.29, 0.717) is 35.1 Å². The number of tetrazole rings is 1. The number of aromatic amines is 1. The zero-order chi connectivity index (χ0) is 25.9. The summed E-state index contributed by atoms with van der Waals surface area (Å²) in [6.45, 7) is 3.91. The molecule has 0 unspecified atom stereocenters. The fourth-order valence-corrected chi connectivity index (χ4v) is 4.67. The first-order valence-electron chi connectivity index (χ1n) is 11.9. The molecule has 0 aliphatic rings. The van der Waals surface area contributed by atoms with Crippen molar-refractivity contribution in [2.75, 3.05) is 0 Å². The predicted octanol–water partition coefficient (Wildman–Crippen LogP) is 4.74. The quantitative estimate of drug-likeness (QED) is 0.300. The van der Waals surface area contributed by atoms with Gasteiger partial charge in [0.1, 0.15) is 0 Å². The zero-order valence-electron chi connectivity index (χ0n) is 20.3. The van der Waals surface area contributed by atoms with E-state index in [0.717, 1.165) is 34.5 Å². The number of carbonyl (C=O) groups is 1. The molecule has 0 saturated carbocycles. The van der Waals surface area contributed by atoms with Crippen molar-refractivity contribution in [3.8, 4) is 28.3 Å². The first-order valence-corrected chi connectivity index (χ1v) is 12.2. The number of para-hydroxylation sites is 1. The van der Waals surface area contributed by atoms with Crippen molar-refractivity contribution in [1.82, 2.24) is 34.7 Å². The molecule has 0 radical (unpaired) electrons. The third-order valence-electron chi connectivity index (χ3n) is 6.15. The smallest absolute Gasteiger partial charge is 0.294 e. The Morgan fingerprint density at radius 3 is 2.59 bits per heavy atom. The standard InChI is InChI=1S/C27H24ClN7O2/c1-3-6-20-16-35(25-21(17(2)36)7-4-9-23(25)28)27(37)34(20)15-18-10-12-19(13-11-18)24-22(8-5-14-29-24)26-30-32-33-31-26/h4-5,7-14,16H,3,6,15H2,1-2H3,(H,30,31,32,33). The number of aryl methyl sites for hydroxylation is 1. The van der Waals surface area contributed by atoms with Crippen molar-refractivity contribution in [2.24, 2.45) is 0 Å². The van der Waals surface area contributed by atoms with E-state index in [-0.39, 0.29) is 11.5 Å². The van der Waals surface area contributed by atoms with Crippen molar-refractivity contribution in [1.29, 1.82) is 0 Å². The maximum absolute atomic E-state index is 13.6. The number of pyridine rings is 1. The Hall–Kier alpha value is -4.37. The monoisotopic (exact) mass is 513 g/mol. The normalized spacial score (nSPS) is 11.1. The average molecular weight is 514 g/mol. The van der Waals surface area contributed by atoms with E-state index in [1.165, 1.54) is 11.5 Å². The minimum absolute atomic E-state index is 0.153. The lowest BCUT2D eigenvalue weighted by molar-refractivity contribution is 0.101. The van der Waals surface area contributed by atoms with E-state index >= 15 is 0 Å². The highest BCUT2D eigenvalue weighted by Gasteiger charge is 2.19. The van der Waals surface area contributed by atoms with Crippen LogP contribution >= 0.6 is 11.6 Å². The number of aromatic nitrogens is 7. The number of hydrogen-bond donors (Lipinski definition) is 1. The van der Waals surface area contributed by atoms with Crippen molar-refractivity contribution < 1.29 is 4.79 Å². The molecule has 9 nitrogen and oxygen atoms in total. The summed E-state index contributed by atoms with van der Waals surface area (Å²) >= 11 is 6.46. The van der Waals surface area contributed by atoms with Crippen molar-refractivity contribution >= 4 is 17.4 Å². The maximum atomic E-state index is 13.6. The largest absolute Gasteiger partial charge is 0.333 e. The summed E-state index contributed by atoms with van der Waals surface area (Å²) in [5.41, 5.74) is 4.84. The fraction of sp³-hybridized carbons (Fsp3) is 0.185. The molecule has 0 aliphatic heterocycles. The molecule has 2 aromatic carbocycles. The first-order chi connectivity index (χ1) is 18.0. The summed E-state index contributed by atoms with van der Waals surface area (Å²) in [6.07, 6.45) is 5.09. The van der Waals surface area contributed by atoms with E-state index < -0.39 is 0 Å². The van der Waals surface area contributed by atoms with Gasteiger partial charge in [-0.1, -0.05) is 55.3 Å². The van der Waals surface area contributed by atoms with E-state index in [9.17, 15) is 9.59 Å². The molecule has 0 bridgehead atoms. The summed E-state index contributed by atoms with van der Waals surface area (Å²) in [4.78, 5) is 30.4. The minimum Gasteiger partial charge on any atom is -0.294 e. The SMILES string of the molecule is CCCc1cn(-c2c(Cl)cccc2C(C)=O)c(=O)n1Cc1ccc(-c2ncccc2-c2nnn[nH]2)cc1. The Balaban J connectivity index is 1.51. The predicted molar refractivity (Wildman–Crippen MR) is 141 cm³/mol. The summed E-state index contributed by atoms with van der Waals surface area (Å²) < 4.78 is 3.22. The van der Waals surface area contributed by atoms with Crippen LogP contribution in [0.1, 0.15) is 41.9 Å². The highest BCUT2D eigenvalue weighted by Crippen LogP contribution is 2.28. The third kappa shape index (κ3) is 4.73. The molecule has 37 heavy (non-hydrogen) atoms. The lowest BCUT2D eigenvalue weighted by atomic mass is 10.0. The van der Waals surface area contributed by atoms with Gasteiger partial charge < -0.3 is 0 Å². The number of H-pyrrole nitrogens is 1. The zero-order valence-corrected chi connectivity index (χ0v) is 21.1. The van der Waals surface area contributed by atoms with Crippen molar-refractivity contribution in [3.05, 3.63) is 99.3 Å². The molecule has 0 spiro atoms. The molecule has 0 atom stereocenters. The third-order valence-corrected chi connectivity index (χ3v) is 6.46. The van der Waals surface area contributed by atoms with E-state index in [2.05, 4.69) is 32.5 Å². The maximum Gasteiger partial charge on any atom is 0.333 e. The number of rotatable bonds is 8. The Labute approximate surface area is 217 Å². The van der Waals surface area contributed by atoms with Crippen LogP contribution in [-0.2, 0) is 13.0 Å². The van der Waals surface area contributed by atoms with Crippen LogP contribution in [0.25, 0.3) is 28.3 Å². The molecular weight excluding hydrogens is 490 g/mol. The molecular formula is C27H24ClN7O2. The van der Waals surface area contributed by atoms with E-state index in [4.69, 9.17) is 11.6 Å². The second-order valence-electron chi connectivity index (χ2n) is 8.65. The van der Waals surface area contributed by atoms with Crippen LogP contribution < -0.4 is 5.69 Å². The molecule has 186 valence electrons.